The Hall–Kier alpha value is -1.26. The van der Waals surface area contributed by atoms with E-state index in [4.69, 9.17) is 0 Å². The van der Waals surface area contributed by atoms with Crippen LogP contribution in [0.25, 0.3) is 0 Å². The van der Waals surface area contributed by atoms with Gasteiger partial charge in [0.2, 0.25) is 0 Å². The summed E-state index contributed by atoms with van der Waals surface area (Å²) in [6.07, 6.45) is 2.81. The molecule has 1 aromatic rings. The van der Waals surface area contributed by atoms with E-state index in [1.165, 1.54) is 31.7 Å². The van der Waals surface area contributed by atoms with Crippen LogP contribution in [0.5, 0.6) is 0 Å². The van der Waals surface area contributed by atoms with E-state index in [-0.39, 0.29) is 0 Å². The van der Waals surface area contributed by atoms with E-state index in [1.807, 2.05) is 0 Å². The van der Waals surface area contributed by atoms with E-state index < -0.39 is 11.7 Å². The van der Waals surface area contributed by atoms with Crippen LogP contribution in [0, 0.1) is 5.92 Å². The minimum Gasteiger partial charge on any atom is -0.370 e. The monoisotopic (exact) mass is 258 g/mol. The van der Waals surface area contributed by atoms with Crippen molar-refractivity contribution in [2.24, 2.45) is 5.92 Å². The highest BCUT2D eigenvalue weighted by molar-refractivity contribution is 5.35. The van der Waals surface area contributed by atoms with Gasteiger partial charge in [0.1, 0.15) is 5.82 Å². The molecule has 0 amide bonds. The summed E-state index contributed by atoms with van der Waals surface area (Å²) in [4.78, 5) is 3.78. The molecular weight excluding hydrogens is 241 g/mol. The Morgan fingerprint density at radius 1 is 1.22 bits per heavy atom. The zero-order valence-electron chi connectivity index (χ0n) is 10.1. The first-order valence-corrected chi connectivity index (χ1v) is 6.33. The highest BCUT2D eigenvalue weighted by Gasteiger charge is 2.30. The van der Waals surface area contributed by atoms with Crippen molar-refractivity contribution in [1.29, 1.82) is 0 Å². The maximum Gasteiger partial charge on any atom is 0.417 e. The van der Waals surface area contributed by atoms with Crippen LogP contribution in [0.3, 0.4) is 0 Å². The van der Waals surface area contributed by atoms with Gasteiger partial charge < -0.3 is 5.32 Å². The molecule has 0 aliphatic heterocycles. The maximum atomic E-state index is 12.3. The van der Waals surface area contributed by atoms with E-state index in [1.54, 1.807) is 0 Å². The standard InChI is InChI=1S/C13H17F3N2/c14-13(15,16)11-5-6-12(18-9-11)17-8-7-10-3-1-2-4-10/h5-6,9-10H,1-4,7-8H2,(H,17,18). The van der Waals surface area contributed by atoms with Gasteiger partial charge in [-0.15, -0.1) is 0 Å². The van der Waals surface area contributed by atoms with Crippen LogP contribution < -0.4 is 5.32 Å². The smallest absolute Gasteiger partial charge is 0.370 e. The Kier molecular flexibility index (Phi) is 4.09. The lowest BCUT2D eigenvalue weighted by Gasteiger charge is -2.11. The molecule has 1 saturated carbocycles. The largest absolute Gasteiger partial charge is 0.417 e. The SMILES string of the molecule is FC(F)(F)c1ccc(NCCC2CCCC2)nc1. The molecule has 1 N–H and O–H groups in total. The number of alkyl halides is 3. The second-order valence-electron chi connectivity index (χ2n) is 4.80. The number of hydrogen-bond acceptors (Lipinski definition) is 2. The Balaban J connectivity index is 1.79. The normalized spacial score (nSPS) is 17.1. The molecule has 1 heterocycles. The van der Waals surface area contributed by atoms with Crippen molar-refractivity contribution >= 4 is 5.82 Å². The third-order valence-electron chi connectivity index (χ3n) is 3.42. The lowest BCUT2D eigenvalue weighted by molar-refractivity contribution is -0.137. The summed E-state index contributed by atoms with van der Waals surface area (Å²) in [6, 6.07) is 2.45. The van der Waals surface area contributed by atoms with Crippen LogP contribution in [0.4, 0.5) is 19.0 Å². The van der Waals surface area contributed by atoms with Crippen LogP contribution in [0.2, 0.25) is 0 Å². The zero-order chi connectivity index (χ0) is 13.0. The Bertz CT molecular complexity index is 367. The predicted molar refractivity (Wildman–Crippen MR) is 64.3 cm³/mol. The molecule has 0 atom stereocenters. The number of rotatable bonds is 4. The third-order valence-corrected chi connectivity index (χ3v) is 3.42. The number of nitrogens with zero attached hydrogens (tertiary/aromatic N) is 1. The fourth-order valence-corrected chi connectivity index (χ4v) is 2.37. The van der Waals surface area contributed by atoms with Gasteiger partial charge in [0.05, 0.1) is 5.56 Å². The zero-order valence-corrected chi connectivity index (χ0v) is 10.1. The molecule has 0 spiro atoms. The van der Waals surface area contributed by atoms with Gasteiger partial charge in [0, 0.05) is 12.7 Å². The van der Waals surface area contributed by atoms with E-state index in [0.717, 1.165) is 31.1 Å². The molecule has 0 aromatic carbocycles. The highest BCUT2D eigenvalue weighted by Crippen LogP contribution is 2.29. The number of aromatic nitrogens is 1. The Labute approximate surface area is 105 Å². The summed E-state index contributed by atoms with van der Waals surface area (Å²) in [5.41, 5.74) is -0.705. The summed E-state index contributed by atoms with van der Waals surface area (Å²) in [7, 11) is 0. The van der Waals surface area contributed by atoms with Crippen LogP contribution in [0.1, 0.15) is 37.7 Å². The lowest BCUT2D eigenvalue weighted by atomic mass is 10.0. The lowest BCUT2D eigenvalue weighted by Crippen LogP contribution is -2.09. The van der Waals surface area contributed by atoms with Crippen molar-refractivity contribution < 1.29 is 13.2 Å². The molecule has 2 nitrogen and oxygen atoms in total. The quantitative estimate of drug-likeness (QED) is 0.879. The van der Waals surface area contributed by atoms with E-state index >= 15 is 0 Å². The number of nitrogens with one attached hydrogen (secondary N) is 1. The topological polar surface area (TPSA) is 24.9 Å². The van der Waals surface area contributed by atoms with Crippen molar-refractivity contribution in [3.05, 3.63) is 23.9 Å². The Morgan fingerprint density at radius 2 is 1.94 bits per heavy atom. The summed E-state index contributed by atoms with van der Waals surface area (Å²) in [6.45, 7) is 0.781. The van der Waals surface area contributed by atoms with Crippen LogP contribution >= 0.6 is 0 Å². The molecule has 0 radical (unpaired) electrons. The molecule has 2 rings (SSSR count). The second-order valence-corrected chi connectivity index (χ2v) is 4.80. The van der Waals surface area contributed by atoms with Crippen molar-refractivity contribution in [1.82, 2.24) is 4.98 Å². The molecule has 0 bridgehead atoms. The molecule has 1 fully saturated rings. The van der Waals surface area contributed by atoms with Gasteiger partial charge in [0.25, 0.3) is 0 Å². The molecule has 18 heavy (non-hydrogen) atoms. The number of pyridine rings is 1. The molecule has 5 heteroatoms. The molecule has 1 aromatic heterocycles. The van der Waals surface area contributed by atoms with Gasteiger partial charge in [-0.05, 0) is 24.5 Å². The van der Waals surface area contributed by atoms with Crippen molar-refractivity contribution in [3.63, 3.8) is 0 Å². The van der Waals surface area contributed by atoms with E-state index in [2.05, 4.69) is 10.3 Å². The highest BCUT2D eigenvalue weighted by atomic mass is 19.4. The van der Waals surface area contributed by atoms with E-state index in [9.17, 15) is 13.2 Å². The fraction of sp³-hybridized carbons (Fsp3) is 0.615. The number of anilines is 1. The van der Waals surface area contributed by atoms with Crippen molar-refractivity contribution in [2.75, 3.05) is 11.9 Å². The minimum atomic E-state index is -4.31. The predicted octanol–water partition coefficient (Wildman–Crippen LogP) is 4.09. The Morgan fingerprint density at radius 3 is 2.50 bits per heavy atom. The van der Waals surface area contributed by atoms with E-state index in [0.29, 0.717) is 5.82 Å². The summed E-state index contributed by atoms with van der Waals surface area (Å²) < 4.78 is 36.9. The summed E-state index contributed by atoms with van der Waals surface area (Å²) in [5.74, 6) is 1.29. The molecule has 0 saturated heterocycles. The molecule has 1 aliphatic carbocycles. The number of hydrogen-bond donors (Lipinski definition) is 1. The van der Waals surface area contributed by atoms with Gasteiger partial charge in [-0.2, -0.15) is 13.2 Å². The average Bonchev–Trinajstić information content (AvgIpc) is 2.82. The van der Waals surface area contributed by atoms with Gasteiger partial charge in [-0.25, -0.2) is 4.98 Å². The van der Waals surface area contributed by atoms with Crippen molar-refractivity contribution in [2.45, 2.75) is 38.3 Å². The fourth-order valence-electron chi connectivity index (χ4n) is 2.37. The molecular formula is C13H17F3N2. The first-order valence-electron chi connectivity index (χ1n) is 6.33. The van der Waals surface area contributed by atoms with Gasteiger partial charge in [0.15, 0.2) is 0 Å². The van der Waals surface area contributed by atoms with Crippen LogP contribution in [0.15, 0.2) is 18.3 Å². The average molecular weight is 258 g/mol. The van der Waals surface area contributed by atoms with Crippen LogP contribution in [-0.4, -0.2) is 11.5 Å². The second kappa shape index (κ2) is 5.59. The molecule has 0 unspecified atom stereocenters. The minimum absolute atomic E-state index is 0.515. The summed E-state index contributed by atoms with van der Waals surface area (Å²) >= 11 is 0. The van der Waals surface area contributed by atoms with Crippen molar-refractivity contribution in [3.8, 4) is 0 Å². The van der Waals surface area contributed by atoms with Gasteiger partial charge in [-0.3, -0.25) is 0 Å². The molecule has 1 aliphatic rings. The summed E-state index contributed by atoms with van der Waals surface area (Å²) in [5, 5.41) is 3.07. The first kappa shape index (κ1) is 13.2. The van der Waals surface area contributed by atoms with Crippen LogP contribution in [-0.2, 0) is 6.18 Å². The molecule has 100 valence electrons. The third kappa shape index (κ3) is 3.62. The maximum absolute atomic E-state index is 12.3. The van der Waals surface area contributed by atoms with Gasteiger partial charge in [-0.1, -0.05) is 25.7 Å². The first-order chi connectivity index (χ1) is 8.55. The number of halogens is 3. The van der Waals surface area contributed by atoms with Gasteiger partial charge >= 0.3 is 6.18 Å².